The van der Waals surface area contributed by atoms with E-state index in [4.69, 9.17) is 4.74 Å². The molecule has 1 saturated heterocycles. The summed E-state index contributed by atoms with van der Waals surface area (Å²) < 4.78 is 5.91. The van der Waals surface area contributed by atoms with Gasteiger partial charge in [-0.15, -0.1) is 0 Å². The molecule has 5 atom stereocenters. The van der Waals surface area contributed by atoms with Crippen LogP contribution in [0, 0.1) is 29.6 Å². The molecule has 0 bridgehead atoms. The fraction of sp³-hybridized carbons (Fsp3) is 0.938. The van der Waals surface area contributed by atoms with Gasteiger partial charge >= 0.3 is 5.97 Å². The Hall–Kier alpha value is -0.570. The molecule has 3 heteroatoms. The second kappa shape index (κ2) is 6.25. The summed E-state index contributed by atoms with van der Waals surface area (Å²) in [6, 6.07) is 0. The van der Waals surface area contributed by atoms with E-state index in [1.165, 1.54) is 12.8 Å². The molecule has 110 valence electrons. The van der Waals surface area contributed by atoms with E-state index in [0.717, 1.165) is 19.5 Å². The average molecular weight is 267 g/mol. The van der Waals surface area contributed by atoms with Gasteiger partial charge in [-0.1, -0.05) is 34.1 Å². The summed E-state index contributed by atoms with van der Waals surface area (Å²) in [4.78, 5) is 12.3. The van der Waals surface area contributed by atoms with E-state index in [9.17, 15) is 4.79 Å². The molecular weight excluding hydrogens is 238 g/mol. The van der Waals surface area contributed by atoms with Gasteiger partial charge in [-0.05, 0) is 43.1 Å². The number of nitrogens with one attached hydrogen (secondary N) is 1. The Bertz CT molecular complexity index is 316. The summed E-state index contributed by atoms with van der Waals surface area (Å²) in [5, 5.41) is 3.28. The highest BCUT2D eigenvalue weighted by Crippen LogP contribution is 2.36. The minimum absolute atomic E-state index is 0.0299. The Morgan fingerprint density at radius 2 is 1.95 bits per heavy atom. The Kier molecular flexibility index (Phi) is 4.88. The maximum atomic E-state index is 12.3. The van der Waals surface area contributed by atoms with Gasteiger partial charge < -0.3 is 10.1 Å². The molecule has 3 nitrogen and oxygen atoms in total. The Morgan fingerprint density at radius 1 is 1.21 bits per heavy atom. The van der Waals surface area contributed by atoms with Crippen LogP contribution in [0.3, 0.4) is 0 Å². The van der Waals surface area contributed by atoms with Crippen LogP contribution in [-0.2, 0) is 9.53 Å². The van der Waals surface area contributed by atoms with E-state index < -0.39 is 0 Å². The third-order valence-electron chi connectivity index (χ3n) is 5.05. The van der Waals surface area contributed by atoms with Crippen LogP contribution in [0.4, 0.5) is 0 Å². The molecule has 0 aromatic carbocycles. The molecule has 19 heavy (non-hydrogen) atoms. The van der Waals surface area contributed by atoms with Crippen LogP contribution >= 0.6 is 0 Å². The first-order valence-electron chi connectivity index (χ1n) is 7.90. The van der Waals surface area contributed by atoms with Gasteiger partial charge in [-0.25, -0.2) is 0 Å². The second-order valence-corrected chi connectivity index (χ2v) is 7.04. The number of carbonyl (C=O) groups excluding carboxylic acids is 1. The van der Waals surface area contributed by atoms with Gasteiger partial charge in [-0.2, -0.15) is 0 Å². The van der Waals surface area contributed by atoms with Gasteiger partial charge in [0.25, 0.3) is 0 Å². The van der Waals surface area contributed by atoms with Crippen LogP contribution in [-0.4, -0.2) is 25.2 Å². The quantitative estimate of drug-likeness (QED) is 0.799. The van der Waals surface area contributed by atoms with E-state index in [1.807, 2.05) is 0 Å². The van der Waals surface area contributed by atoms with Crippen molar-refractivity contribution in [1.29, 1.82) is 0 Å². The monoisotopic (exact) mass is 267 g/mol. The molecule has 0 amide bonds. The summed E-state index contributed by atoms with van der Waals surface area (Å²) in [5.41, 5.74) is 0. The zero-order chi connectivity index (χ0) is 14.0. The summed E-state index contributed by atoms with van der Waals surface area (Å²) >= 11 is 0. The van der Waals surface area contributed by atoms with E-state index >= 15 is 0 Å². The molecule has 1 saturated carbocycles. The molecule has 2 fully saturated rings. The fourth-order valence-corrected chi connectivity index (χ4v) is 3.61. The van der Waals surface area contributed by atoms with Gasteiger partial charge in [-0.3, -0.25) is 4.79 Å². The van der Waals surface area contributed by atoms with E-state index in [-0.39, 0.29) is 18.0 Å². The lowest BCUT2D eigenvalue weighted by molar-refractivity contribution is -0.161. The highest BCUT2D eigenvalue weighted by molar-refractivity contribution is 5.73. The molecule has 1 N–H and O–H groups in total. The molecule has 1 aliphatic carbocycles. The lowest BCUT2D eigenvalue weighted by Gasteiger charge is -2.37. The summed E-state index contributed by atoms with van der Waals surface area (Å²) in [6.07, 6.45) is 3.67. The van der Waals surface area contributed by atoms with Crippen molar-refractivity contribution >= 4 is 5.97 Å². The number of esters is 1. The fourth-order valence-electron chi connectivity index (χ4n) is 3.61. The second-order valence-electron chi connectivity index (χ2n) is 7.04. The lowest BCUT2D eigenvalue weighted by Crippen LogP contribution is -2.38. The number of ether oxygens (including phenoxy) is 1. The number of hydrogen-bond acceptors (Lipinski definition) is 3. The lowest BCUT2D eigenvalue weighted by atomic mass is 9.75. The molecule has 0 aromatic rings. The summed E-state index contributed by atoms with van der Waals surface area (Å²) in [5.74, 6) is 2.33. The van der Waals surface area contributed by atoms with E-state index in [1.54, 1.807) is 0 Å². The highest BCUT2D eigenvalue weighted by atomic mass is 16.5. The zero-order valence-corrected chi connectivity index (χ0v) is 12.8. The molecule has 0 radical (unpaired) electrons. The average Bonchev–Trinajstić information content (AvgIpc) is 2.75. The molecule has 0 aromatic heterocycles. The zero-order valence-electron chi connectivity index (χ0n) is 12.8. The summed E-state index contributed by atoms with van der Waals surface area (Å²) in [6.45, 7) is 10.6. The molecule has 0 spiro atoms. The minimum Gasteiger partial charge on any atom is -0.462 e. The normalized spacial score (nSPS) is 39.5. The predicted molar refractivity (Wildman–Crippen MR) is 76.7 cm³/mol. The van der Waals surface area contributed by atoms with Gasteiger partial charge in [0.05, 0.1) is 5.92 Å². The Morgan fingerprint density at radius 3 is 2.53 bits per heavy atom. The SMILES string of the molecule is CC1CCC(C(C)C)C(OC(=O)[C@@H]2CNC[C@H]2C)C1. The van der Waals surface area contributed by atoms with E-state index in [2.05, 4.69) is 33.0 Å². The molecule has 2 aliphatic rings. The Labute approximate surface area is 117 Å². The van der Waals surface area contributed by atoms with Gasteiger partial charge in [0.1, 0.15) is 6.10 Å². The highest BCUT2D eigenvalue weighted by Gasteiger charge is 2.37. The van der Waals surface area contributed by atoms with Crippen LogP contribution < -0.4 is 5.32 Å². The third kappa shape index (κ3) is 3.50. The van der Waals surface area contributed by atoms with Crippen LogP contribution in [0.1, 0.15) is 47.0 Å². The Balaban J connectivity index is 1.96. The van der Waals surface area contributed by atoms with Gasteiger partial charge in [0, 0.05) is 6.54 Å². The van der Waals surface area contributed by atoms with Crippen molar-refractivity contribution in [1.82, 2.24) is 5.32 Å². The largest absolute Gasteiger partial charge is 0.462 e. The number of rotatable bonds is 3. The molecule has 1 heterocycles. The molecule has 2 rings (SSSR count). The molecule has 3 unspecified atom stereocenters. The topological polar surface area (TPSA) is 38.3 Å². The van der Waals surface area contributed by atoms with Crippen molar-refractivity contribution in [3.63, 3.8) is 0 Å². The van der Waals surface area contributed by atoms with Gasteiger partial charge in [0.2, 0.25) is 0 Å². The molecular formula is C16H29NO2. The van der Waals surface area contributed by atoms with Crippen molar-refractivity contribution in [3.8, 4) is 0 Å². The van der Waals surface area contributed by atoms with Crippen molar-refractivity contribution in [2.24, 2.45) is 29.6 Å². The standard InChI is InChI=1S/C16H29NO2/c1-10(2)13-6-5-11(3)7-15(13)19-16(18)14-9-17-8-12(14)4/h10-15,17H,5-9H2,1-4H3/t11?,12-,13?,14-,15?/m1/s1. The van der Waals surface area contributed by atoms with Crippen LogP contribution in [0.2, 0.25) is 0 Å². The maximum absolute atomic E-state index is 12.3. The first kappa shape index (κ1) is 14.8. The van der Waals surface area contributed by atoms with Gasteiger partial charge in [0.15, 0.2) is 0 Å². The molecule has 1 aliphatic heterocycles. The third-order valence-corrected chi connectivity index (χ3v) is 5.05. The number of hydrogen-bond donors (Lipinski definition) is 1. The number of carbonyl (C=O) groups is 1. The first-order valence-corrected chi connectivity index (χ1v) is 7.90. The van der Waals surface area contributed by atoms with Crippen molar-refractivity contribution in [3.05, 3.63) is 0 Å². The van der Waals surface area contributed by atoms with Crippen molar-refractivity contribution < 1.29 is 9.53 Å². The van der Waals surface area contributed by atoms with Crippen molar-refractivity contribution in [2.75, 3.05) is 13.1 Å². The predicted octanol–water partition coefficient (Wildman–Crippen LogP) is 2.85. The van der Waals surface area contributed by atoms with Crippen LogP contribution in [0.5, 0.6) is 0 Å². The van der Waals surface area contributed by atoms with Crippen LogP contribution in [0.15, 0.2) is 0 Å². The van der Waals surface area contributed by atoms with Crippen LogP contribution in [0.25, 0.3) is 0 Å². The first-order chi connectivity index (χ1) is 8.99. The minimum atomic E-state index is 0.0299. The maximum Gasteiger partial charge on any atom is 0.310 e. The van der Waals surface area contributed by atoms with Crippen molar-refractivity contribution in [2.45, 2.75) is 53.1 Å². The van der Waals surface area contributed by atoms with E-state index in [0.29, 0.717) is 23.7 Å². The smallest absolute Gasteiger partial charge is 0.310 e. The summed E-state index contributed by atoms with van der Waals surface area (Å²) in [7, 11) is 0.